The van der Waals surface area contributed by atoms with Gasteiger partial charge in [-0.3, -0.25) is 4.79 Å². The summed E-state index contributed by atoms with van der Waals surface area (Å²) in [5.41, 5.74) is 2.17. The van der Waals surface area contributed by atoms with Crippen LogP contribution in [0.5, 0.6) is 5.75 Å². The second kappa shape index (κ2) is 12.3. The minimum Gasteiger partial charge on any atom is -0.492 e. The summed E-state index contributed by atoms with van der Waals surface area (Å²) in [7, 11) is 3.89. The molecule has 0 unspecified atom stereocenters. The van der Waals surface area contributed by atoms with Crippen molar-refractivity contribution in [3.63, 3.8) is 0 Å². The van der Waals surface area contributed by atoms with Gasteiger partial charge in [-0.1, -0.05) is 36.4 Å². The average Bonchev–Trinajstić information content (AvgIpc) is 2.87. The van der Waals surface area contributed by atoms with Crippen molar-refractivity contribution in [3.05, 3.63) is 83.5 Å². The number of aromatic nitrogens is 2. The zero-order valence-electron chi connectivity index (χ0n) is 21.0. The smallest absolute Gasteiger partial charge is 0.248 e. The van der Waals surface area contributed by atoms with E-state index in [-0.39, 0.29) is 5.91 Å². The maximum absolute atomic E-state index is 12.3. The molecule has 1 aromatic heterocycles. The van der Waals surface area contributed by atoms with Crippen LogP contribution in [0.15, 0.2) is 83.5 Å². The molecule has 4 rings (SSSR count). The molecule has 0 fully saturated rings. The predicted octanol–water partition coefficient (Wildman–Crippen LogP) is 6.33. The van der Waals surface area contributed by atoms with Gasteiger partial charge in [0.1, 0.15) is 11.6 Å². The lowest BCUT2D eigenvalue weighted by atomic mass is 10.1. The number of rotatable bonds is 10. The largest absolute Gasteiger partial charge is 0.492 e. The van der Waals surface area contributed by atoms with Crippen molar-refractivity contribution in [1.82, 2.24) is 14.9 Å². The fraction of sp³-hybridized carbons (Fsp3) is 0.179. The molecule has 4 aromatic rings. The number of carbonyl (C=O) groups excluding carboxylic acids is 1. The Morgan fingerprint density at radius 2 is 1.81 bits per heavy atom. The number of amides is 1. The second-order valence-corrected chi connectivity index (χ2v) is 9.35. The molecule has 0 aliphatic heterocycles. The predicted molar refractivity (Wildman–Crippen MR) is 154 cm³/mol. The van der Waals surface area contributed by atoms with Gasteiger partial charge in [0.05, 0.1) is 16.8 Å². The van der Waals surface area contributed by atoms with Crippen molar-refractivity contribution in [3.8, 4) is 5.75 Å². The van der Waals surface area contributed by atoms with Crippen LogP contribution in [0.25, 0.3) is 10.8 Å². The van der Waals surface area contributed by atoms with Crippen molar-refractivity contribution >= 4 is 61.4 Å². The number of ether oxygens (including phenoxy) is 1. The first-order chi connectivity index (χ1) is 17.9. The lowest BCUT2D eigenvalue weighted by molar-refractivity contribution is -0.111. The summed E-state index contributed by atoms with van der Waals surface area (Å²) in [6.45, 7) is 3.08. The van der Waals surface area contributed by atoms with Gasteiger partial charge in [-0.05, 0) is 78.1 Å². The summed E-state index contributed by atoms with van der Waals surface area (Å²) < 4.78 is 6.50. The standard InChI is InChI=1S/C28H29BrN6O2/c1-4-37-25-14-13-22(31-26(36)10-7-15-35(2)3)17-24(25)33-28-30-18-23(29)27(34-28)32-21-12-11-19-8-5-6-9-20(19)16-21/h5-14,16-18H,4,15H2,1-3H3,(H,31,36)(H2,30,32,33,34)/b10-7+. The number of hydrogen-bond acceptors (Lipinski definition) is 7. The molecule has 0 aliphatic rings. The van der Waals surface area contributed by atoms with Crippen LogP contribution in [-0.2, 0) is 4.79 Å². The zero-order valence-corrected chi connectivity index (χ0v) is 22.5. The van der Waals surface area contributed by atoms with Crippen molar-refractivity contribution in [1.29, 1.82) is 0 Å². The molecule has 1 amide bonds. The molecule has 0 bridgehead atoms. The minimum absolute atomic E-state index is 0.210. The number of halogens is 1. The Hall–Kier alpha value is -3.95. The van der Waals surface area contributed by atoms with Gasteiger partial charge >= 0.3 is 0 Å². The summed E-state index contributed by atoms with van der Waals surface area (Å²) in [6.07, 6.45) is 5.01. The number of anilines is 5. The van der Waals surface area contributed by atoms with Crippen molar-refractivity contribution < 1.29 is 9.53 Å². The molecule has 0 saturated carbocycles. The van der Waals surface area contributed by atoms with Crippen LogP contribution in [0.2, 0.25) is 0 Å². The van der Waals surface area contributed by atoms with E-state index in [2.05, 4.69) is 66.1 Å². The molecular weight excluding hydrogens is 532 g/mol. The van der Waals surface area contributed by atoms with E-state index >= 15 is 0 Å². The number of hydrogen-bond donors (Lipinski definition) is 3. The van der Waals surface area contributed by atoms with E-state index in [0.29, 0.717) is 42.0 Å². The Balaban J connectivity index is 1.54. The molecule has 9 heteroatoms. The maximum Gasteiger partial charge on any atom is 0.248 e. The fourth-order valence-electron chi connectivity index (χ4n) is 3.58. The van der Waals surface area contributed by atoms with E-state index in [4.69, 9.17) is 4.74 Å². The van der Waals surface area contributed by atoms with Crippen LogP contribution in [0.4, 0.5) is 28.8 Å². The van der Waals surface area contributed by atoms with Crippen LogP contribution in [-0.4, -0.2) is 48.0 Å². The van der Waals surface area contributed by atoms with E-state index in [1.807, 2.05) is 50.2 Å². The molecule has 190 valence electrons. The minimum atomic E-state index is -0.210. The molecule has 37 heavy (non-hydrogen) atoms. The third kappa shape index (κ3) is 7.28. The molecule has 0 atom stereocenters. The molecule has 0 radical (unpaired) electrons. The Morgan fingerprint density at radius 3 is 2.59 bits per heavy atom. The lowest BCUT2D eigenvalue weighted by Crippen LogP contribution is -2.13. The van der Waals surface area contributed by atoms with Crippen LogP contribution >= 0.6 is 15.9 Å². The summed E-state index contributed by atoms with van der Waals surface area (Å²) in [4.78, 5) is 23.3. The van der Waals surface area contributed by atoms with Crippen LogP contribution in [0, 0.1) is 0 Å². The first-order valence-corrected chi connectivity index (χ1v) is 12.6. The van der Waals surface area contributed by atoms with E-state index < -0.39 is 0 Å². The molecule has 0 spiro atoms. The molecular formula is C28H29BrN6O2. The molecule has 0 aliphatic carbocycles. The van der Waals surface area contributed by atoms with Gasteiger partial charge in [0.2, 0.25) is 11.9 Å². The third-order valence-electron chi connectivity index (χ3n) is 5.29. The Morgan fingerprint density at radius 1 is 1.03 bits per heavy atom. The van der Waals surface area contributed by atoms with Gasteiger partial charge in [0.15, 0.2) is 0 Å². The molecule has 8 nitrogen and oxygen atoms in total. The van der Waals surface area contributed by atoms with Crippen LogP contribution in [0.3, 0.4) is 0 Å². The van der Waals surface area contributed by atoms with Crippen LogP contribution in [0.1, 0.15) is 6.92 Å². The molecule has 1 heterocycles. The normalized spacial score (nSPS) is 11.2. The Bertz CT molecular complexity index is 1420. The highest BCUT2D eigenvalue weighted by molar-refractivity contribution is 9.10. The summed E-state index contributed by atoms with van der Waals surface area (Å²) in [6, 6.07) is 19.7. The SMILES string of the molecule is CCOc1ccc(NC(=O)/C=C/CN(C)C)cc1Nc1ncc(Br)c(Nc2ccc3ccccc3c2)n1. The van der Waals surface area contributed by atoms with Crippen molar-refractivity contribution in [2.75, 3.05) is 43.2 Å². The number of likely N-dealkylation sites (N-methyl/N-ethyl adjacent to an activating group) is 1. The van der Waals surface area contributed by atoms with Gasteiger partial charge in [0, 0.05) is 30.2 Å². The number of fused-ring (bicyclic) bond motifs is 1. The molecule has 0 saturated heterocycles. The summed E-state index contributed by atoms with van der Waals surface area (Å²) >= 11 is 3.53. The third-order valence-corrected chi connectivity index (χ3v) is 5.87. The number of nitrogens with one attached hydrogen (secondary N) is 3. The monoisotopic (exact) mass is 560 g/mol. The highest BCUT2D eigenvalue weighted by Gasteiger charge is 2.11. The number of carbonyl (C=O) groups is 1. The first-order valence-electron chi connectivity index (χ1n) is 11.9. The van der Waals surface area contributed by atoms with E-state index in [0.717, 1.165) is 15.5 Å². The van der Waals surface area contributed by atoms with E-state index in [1.165, 1.54) is 11.5 Å². The van der Waals surface area contributed by atoms with Crippen LogP contribution < -0.4 is 20.7 Å². The Labute approximate surface area is 224 Å². The van der Waals surface area contributed by atoms with Gasteiger partial charge in [-0.15, -0.1) is 0 Å². The van der Waals surface area contributed by atoms with Gasteiger partial charge in [-0.25, -0.2) is 4.98 Å². The van der Waals surface area contributed by atoms with Gasteiger partial charge < -0.3 is 25.6 Å². The Kier molecular flexibility index (Phi) is 8.71. The average molecular weight is 561 g/mol. The summed E-state index contributed by atoms with van der Waals surface area (Å²) in [5.74, 6) is 1.40. The van der Waals surface area contributed by atoms with Gasteiger partial charge in [-0.2, -0.15) is 4.98 Å². The molecule has 3 N–H and O–H groups in total. The highest BCUT2D eigenvalue weighted by atomic mass is 79.9. The quantitative estimate of drug-likeness (QED) is 0.195. The summed E-state index contributed by atoms with van der Waals surface area (Å²) in [5, 5.41) is 11.8. The van der Waals surface area contributed by atoms with E-state index in [9.17, 15) is 4.79 Å². The number of nitrogens with zero attached hydrogens (tertiary/aromatic N) is 3. The molecule has 3 aromatic carbocycles. The van der Waals surface area contributed by atoms with E-state index in [1.54, 1.807) is 24.4 Å². The zero-order chi connectivity index (χ0) is 26.2. The first kappa shape index (κ1) is 26.1. The fourth-order valence-corrected chi connectivity index (χ4v) is 3.87. The highest BCUT2D eigenvalue weighted by Crippen LogP contribution is 2.32. The maximum atomic E-state index is 12.3. The van der Waals surface area contributed by atoms with Crippen molar-refractivity contribution in [2.45, 2.75) is 6.92 Å². The second-order valence-electron chi connectivity index (χ2n) is 8.50. The lowest BCUT2D eigenvalue weighted by Gasteiger charge is -2.15. The van der Waals surface area contributed by atoms with Crippen molar-refractivity contribution in [2.24, 2.45) is 0 Å². The van der Waals surface area contributed by atoms with Gasteiger partial charge in [0.25, 0.3) is 0 Å². The number of benzene rings is 3. The topological polar surface area (TPSA) is 91.4 Å².